The first-order chi connectivity index (χ1) is 8.25. The number of hydrogen-bond acceptors (Lipinski definition) is 1. The minimum absolute atomic E-state index is 0.465. The minimum atomic E-state index is -0.900. The molecule has 0 N–H and O–H groups in total. The topological polar surface area (TPSA) is 0 Å². The van der Waals surface area contributed by atoms with Gasteiger partial charge < -0.3 is 0 Å². The number of aryl methyl sites for hydroxylation is 1. The van der Waals surface area contributed by atoms with Crippen molar-refractivity contribution in [3.8, 4) is 0 Å². The number of alkyl halides is 1. The van der Waals surface area contributed by atoms with Crippen LogP contribution < -0.4 is 0 Å². The maximum absolute atomic E-state index is 13.9. The van der Waals surface area contributed by atoms with Gasteiger partial charge in [0, 0.05) is 10.6 Å². The standard InChI is InChI=1S/C15H15FS/c1-12-7-9-14(10-8-12)17-11-15(16)13-5-3-2-4-6-13/h2-10,15H,11H2,1H3. The number of halogens is 1. The van der Waals surface area contributed by atoms with E-state index in [-0.39, 0.29) is 0 Å². The minimum Gasteiger partial charge on any atom is -0.241 e. The Hall–Kier alpha value is -1.28. The zero-order valence-electron chi connectivity index (χ0n) is 9.77. The predicted molar refractivity (Wildman–Crippen MR) is 72.2 cm³/mol. The third-order valence-corrected chi connectivity index (χ3v) is 3.64. The van der Waals surface area contributed by atoms with E-state index in [9.17, 15) is 4.39 Å². The summed E-state index contributed by atoms with van der Waals surface area (Å²) in [6, 6.07) is 17.5. The fourth-order valence-corrected chi connectivity index (χ4v) is 2.42. The molecule has 0 saturated carbocycles. The molecule has 88 valence electrons. The lowest BCUT2D eigenvalue weighted by atomic mass is 10.1. The van der Waals surface area contributed by atoms with Crippen LogP contribution in [0.25, 0.3) is 0 Å². The molecule has 0 aliphatic heterocycles. The molecule has 0 bridgehead atoms. The Morgan fingerprint density at radius 1 is 1.00 bits per heavy atom. The Morgan fingerprint density at radius 2 is 1.65 bits per heavy atom. The van der Waals surface area contributed by atoms with E-state index in [1.165, 1.54) is 5.56 Å². The van der Waals surface area contributed by atoms with Crippen LogP contribution in [-0.4, -0.2) is 5.75 Å². The smallest absolute Gasteiger partial charge is 0.134 e. The van der Waals surface area contributed by atoms with Crippen LogP contribution in [0.15, 0.2) is 59.5 Å². The zero-order valence-corrected chi connectivity index (χ0v) is 10.6. The van der Waals surface area contributed by atoms with Crippen molar-refractivity contribution in [3.05, 3.63) is 65.7 Å². The maximum Gasteiger partial charge on any atom is 0.134 e. The van der Waals surface area contributed by atoms with E-state index in [0.717, 1.165) is 10.5 Å². The quantitative estimate of drug-likeness (QED) is 0.698. The van der Waals surface area contributed by atoms with Crippen molar-refractivity contribution in [1.82, 2.24) is 0 Å². The van der Waals surface area contributed by atoms with Crippen LogP contribution in [0.2, 0.25) is 0 Å². The van der Waals surface area contributed by atoms with E-state index in [2.05, 4.69) is 19.1 Å². The van der Waals surface area contributed by atoms with Crippen LogP contribution in [0.1, 0.15) is 17.3 Å². The molecule has 2 rings (SSSR count). The summed E-state index contributed by atoms with van der Waals surface area (Å²) in [4.78, 5) is 1.12. The Balaban J connectivity index is 1.92. The van der Waals surface area contributed by atoms with Crippen LogP contribution >= 0.6 is 11.8 Å². The molecule has 0 saturated heterocycles. The van der Waals surface area contributed by atoms with Gasteiger partial charge in [-0.05, 0) is 24.6 Å². The first-order valence-corrected chi connectivity index (χ1v) is 6.63. The number of rotatable bonds is 4. The summed E-state index contributed by atoms with van der Waals surface area (Å²) >= 11 is 1.56. The molecule has 0 aromatic heterocycles. The summed E-state index contributed by atoms with van der Waals surface area (Å²) in [5.74, 6) is 0.465. The van der Waals surface area contributed by atoms with E-state index >= 15 is 0 Å². The summed E-state index contributed by atoms with van der Waals surface area (Å²) in [5.41, 5.74) is 1.99. The van der Waals surface area contributed by atoms with Crippen molar-refractivity contribution in [1.29, 1.82) is 0 Å². The molecule has 0 amide bonds. The molecule has 2 heteroatoms. The highest BCUT2D eigenvalue weighted by Crippen LogP contribution is 2.27. The summed E-state index contributed by atoms with van der Waals surface area (Å²) in [6.45, 7) is 2.05. The van der Waals surface area contributed by atoms with Gasteiger partial charge in [-0.1, -0.05) is 48.0 Å². The van der Waals surface area contributed by atoms with Gasteiger partial charge in [-0.15, -0.1) is 11.8 Å². The molecule has 2 aromatic carbocycles. The normalized spacial score (nSPS) is 12.4. The molecule has 0 fully saturated rings. The Kier molecular flexibility index (Phi) is 4.21. The monoisotopic (exact) mass is 246 g/mol. The Labute approximate surface area is 106 Å². The van der Waals surface area contributed by atoms with Crippen LogP contribution in [0.5, 0.6) is 0 Å². The largest absolute Gasteiger partial charge is 0.241 e. The Bertz CT molecular complexity index is 450. The average Bonchev–Trinajstić information content (AvgIpc) is 2.39. The lowest BCUT2D eigenvalue weighted by molar-refractivity contribution is 0.380. The SMILES string of the molecule is Cc1ccc(SCC(F)c2ccccc2)cc1. The van der Waals surface area contributed by atoms with Crippen molar-refractivity contribution < 1.29 is 4.39 Å². The van der Waals surface area contributed by atoms with Gasteiger partial charge in [-0.3, -0.25) is 0 Å². The lowest BCUT2D eigenvalue weighted by Gasteiger charge is -2.08. The first kappa shape index (κ1) is 12.2. The van der Waals surface area contributed by atoms with Crippen molar-refractivity contribution >= 4 is 11.8 Å². The summed E-state index contributed by atoms with van der Waals surface area (Å²) in [7, 11) is 0. The third-order valence-electron chi connectivity index (χ3n) is 2.58. The number of thioether (sulfide) groups is 1. The van der Waals surface area contributed by atoms with Crippen molar-refractivity contribution in [2.75, 3.05) is 5.75 Å². The van der Waals surface area contributed by atoms with Gasteiger partial charge in [-0.25, -0.2) is 4.39 Å². The molecule has 17 heavy (non-hydrogen) atoms. The lowest BCUT2D eigenvalue weighted by Crippen LogP contribution is -1.94. The second-order valence-corrected chi connectivity index (χ2v) is 5.10. The average molecular weight is 246 g/mol. The molecular weight excluding hydrogens is 231 g/mol. The van der Waals surface area contributed by atoms with E-state index in [1.54, 1.807) is 11.8 Å². The molecule has 0 radical (unpaired) electrons. The van der Waals surface area contributed by atoms with Crippen LogP contribution in [0.4, 0.5) is 4.39 Å². The van der Waals surface area contributed by atoms with Gasteiger partial charge in [0.1, 0.15) is 6.17 Å². The van der Waals surface area contributed by atoms with Gasteiger partial charge in [-0.2, -0.15) is 0 Å². The second-order valence-electron chi connectivity index (χ2n) is 4.00. The molecule has 0 aliphatic rings. The highest BCUT2D eigenvalue weighted by Gasteiger charge is 2.09. The summed E-state index contributed by atoms with van der Waals surface area (Å²) < 4.78 is 13.9. The maximum atomic E-state index is 13.9. The van der Waals surface area contributed by atoms with Gasteiger partial charge in [0.15, 0.2) is 0 Å². The Morgan fingerprint density at radius 3 is 2.29 bits per heavy atom. The molecule has 1 unspecified atom stereocenters. The molecule has 0 spiro atoms. The van der Waals surface area contributed by atoms with Gasteiger partial charge >= 0.3 is 0 Å². The molecular formula is C15H15FS. The number of benzene rings is 2. The van der Waals surface area contributed by atoms with Crippen molar-refractivity contribution in [2.24, 2.45) is 0 Å². The molecule has 2 aromatic rings. The predicted octanol–water partition coefficient (Wildman–Crippen LogP) is 4.80. The fraction of sp³-hybridized carbons (Fsp3) is 0.200. The van der Waals surface area contributed by atoms with E-state index < -0.39 is 6.17 Å². The molecule has 1 atom stereocenters. The zero-order chi connectivity index (χ0) is 12.1. The second kappa shape index (κ2) is 5.87. The van der Waals surface area contributed by atoms with Gasteiger partial charge in [0.05, 0.1) is 0 Å². The first-order valence-electron chi connectivity index (χ1n) is 5.64. The molecule has 0 heterocycles. The summed E-state index contributed by atoms with van der Waals surface area (Å²) in [6.07, 6.45) is -0.900. The van der Waals surface area contributed by atoms with Crippen molar-refractivity contribution in [2.45, 2.75) is 18.0 Å². The van der Waals surface area contributed by atoms with Crippen LogP contribution in [-0.2, 0) is 0 Å². The molecule has 0 nitrogen and oxygen atoms in total. The van der Waals surface area contributed by atoms with Crippen molar-refractivity contribution in [3.63, 3.8) is 0 Å². The van der Waals surface area contributed by atoms with E-state index in [4.69, 9.17) is 0 Å². The number of hydrogen-bond donors (Lipinski definition) is 0. The highest BCUT2D eigenvalue weighted by molar-refractivity contribution is 7.99. The molecule has 0 aliphatic carbocycles. The van der Waals surface area contributed by atoms with Crippen LogP contribution in [0.3, 0.4) is 0 Å². The highest BCUT2D eigenvalue weighted by atomic mass is 32.2. The van der Waals surface area contributed by atoms with Gasteiger partial charge in [0.2, 0.25) is 0 Å². The third kappa shape index (κ3) is 3.60. The fourth-order valence-electron chi connectivity index (χ4n) is 1.56. The van der Waals surface area contributed by atoms with Crippen LogP contribution in [0, 0.1) is 6.92 Å². The van der Waals surface area contributed by atoms with E-state index in [1.807, 2.05) is 42.5 Å². The van der Waals surface area contributed by atoms with Gasteiger partial charge in [0.25, 0.3) is 0 Å². The van der Waals surface area contributed by atoms with E-state index in [0.29, 0.717) is 5.75 Å². The summed E-state index contributed by atoms with van der Waals surface area (Å²) in [5, 5.41) is 0.